The highest BCUT2D eigenvalue weighted by Crippen LogP contribution is 2.13. The van der Waals surface area contributed by atoms with Crippen LogP contribution in [0.15, 0.2) is 23.8 Å². The Morgan fingerprint density at radius 3 is 2.94 bits per heavy atom. The van der Waals surface area contributed by atoms with Crippen LogP contribution >= 0.6 is 0 Å². The monoisotopic (exact) mass is 221 g/mol. The van der Waals surface area contributed by atoms with Gasteiger partial charge < -0.3 is 4.90 Å². The zero-order chi connectivity index (χ0) is 11.8. The number of likely N-dealkylation sites (N-methyl/N-ethyl adjacent to an activating group) is 1. The molecule has 1 nitrogen and oxygen atoms in total. The second-order valence-electron chi connectivity index (χ2n) is 5.20. The van der Waals surface area contributed by atoms with Crippen LogP contribution in [0.2, 0.25) is 0 Å². The van der Waals surface area contributed by atoms with E-state index in [9.17, 15) is 0 Å². The Morgan fingerprint density at radius 1 is 1.38 bits per heavy atom. The van der Waals surface area contributed by atoms with E-state index in [4.69, 9.17) is 0 Å². The molecule has 1 aliphatic rings. The molecule has 0 aromatic carbocycles. The molecule has 1 unspecified atom stereocenters. The minimum atomic E-state index is 0.824. The van der Waals surface area contributed by atoms with Crippen molar-refractivity contribution in [2.75, 3.05) is 20.1 Å². The molecule has 1 atom stereocenters. The van der Waals surface area contributed by atoms with E-state index in [0.29, 0.717) is 0 Å². The minimum absolute atomic E-state index is 0.824. The Morgan fingerprint density at radius 2 is 2.19 bits per heavy atom. The molecule has 0 bridgehead atoms. The molecule has 1 aliphatic carbocycles. The van der Waals surface area contributed by atoms with Crippen LogP contribution in [0.1, 0.15) is 46.0 Å². The summed E-state index contributed by atoms with van der Waals surface area (Å²) >= 11 is 0. The molecule has 1 rings (SSSR count). The number of allylic oxidation sites excluding steroid dienone is 2. The predicted molar refractivity (Wildman–Crippen MR) is 72.6 cm³/mol. The van der Waals surface area contributed by atoms with Gasteiger partial charge >= 0.3 is 0 Å². The fourth-order valence-electron chi connectivity index (χ4n) is 2.44. The SMILES string of the molecule is CCCC(C)CN(C)CC1=CCCCC=C1. The minimum Gasteiger partial charge on any atom is -0.302 e. The maximum atomic E-state index is 2.46. The van der Waals surface area contributed by atoms with Gasteiger partial charge in [-0.1, -0.05) is 38.5 Å². The Labute approximate surface area is 101 Å². The van der Waals surface area contributed by atoms with Crippen LogP contribution in [-0.4, -0.2) is 25.0 Å². The van der Waals surface area contributed by atoms with Gasteiger partial charge in [-0.05, 0) is 44.2 Å². The van der Waals surface area contributed by atoms with Crippen LogP contribution in [0.25, 0.3) is 0 Å². The van der Waals surface area contributed by atoms with Crippen molar-refractivity contribution in [3.63, 3.8) is 0 Å². The Balaban J connectivity index is 2.32. The largest absolute Gasteiger partial charge is 0.302 e. The summed E-state index contributed by atoms with van der Waals surface area (Å²) in [6, 6.07) is 0. The maximum absolute atomic E-state index is 2.46. The standard InChI is InChI=1S/C15H27N/c1-4-9-14(2)12-16(3)13-15-10-7-5-6-8-11-15/h7,10-11,14H,4-6,8-9,12-13H2,1-3H3. The first-order chi connectivity index (χ1) is 7.72. The summed E-state index contributed by atoms with van der Waals surface area (Å²) in [5.74, 6) is 0.824. The molecule has 0 fully saturated rings. The molecular weight excluding hydrogens is 194 g/mol. The second-order valence-corrected chi connectivity index (χ2v) is 5.20. The Kier molecular flexibility index (Phi) is 6.47. The van der Waals surface area contributed by atoms with Crippen molar-refractivity contribution < 1.29 is 0 Å². The quantitative estimate of drug-likeness (QED) is 0.655. The van der Waals surface area contributed by atoms with Gasteiger partial charge in [-0.3, -0.25) is 0 Å². The molecule has 0 amide bonds. The van der Waals surface area contributed by atoms with Crippen LogP contribution in [0.4, 0.5) is 0 Å². The zero-order valence-corrected chi connectivity index (χ0v) is 11.2. The molecule has 1 heteroatoms. The lowest BCUT2D eigenvalue weighted by atomic mass is 10.1. The van der Waals surface area contributed by atoms with Gasteiger partial charge in [-0.15, -0.1) is 0 Å². The molecule has 0 aromatic rings. The van der Waals surface area contributed by atoms with Crippen molar-refractivity contribution in [1.29, 1.82) is 0 Å². The highest BCUT2D eigenvalue weighted by Gasteiger charge is 2.07. The smallest absolute Gasteiger partial charge is 0.0227 e. The lowest BCUT2D eigenvalue weighted by molar-refractivity contribution is 0.298. The summed E-state index contributed by atoms with van der Waals surface area (Å²) in [7, 11) is 2.24. The second kappa shape index (κ2) is 7.67. The summed E-state index contributed by atoms with van der Waals surface area (Å²) in [5, 5.41) is 0. The fourth-order valence-corrected chi connectivity index (χ4v) is 2.44. The lowest BCUT2D eigenvalue weighted by Crippen LogP contribution is -2.26. The number of rotatable bonds is 6. The summed E-state index contributed by atoms with van der Waals surface area (Å²) in [5.41, 5.74) is 1.50. The number of hydrogen-bond acceptors (Lipinski definition) is 1. The van der Waals surface area contributed by atoms with Gasteiger partial charge in [0.1, 0.15) is 0 Å². The van der Waals surface area contributed by atoms with E-state index in [2.05, 4.69) is 44.0 Å². The zero-order valence-electron chi connectivity index (χ0n) is 11.2. The Hall–Kier alpha value is -0.560. The lowest BCUT2D eigenvalue weighted by Gasteiger charge is -2.21. The van der Waals surface area contributed by atoms with E-state index in [1.54, 1.807) is 0 Å². The van der Waals surface area contributed by atoms with Crippen LogP contribution in [-0.2, 0) is 0 Å². The van der Waals surface area contributed by atoms with Crippen LogP contribution in [0, 0.1) is 5.92 Å². The number of hydrogen-bond donors (Lipinski definition) is 0. The van der Waals surface area contributed by atoms with Crippen molar-refractivity contribution in [1.82, 2.24) is 4.90 Å². The third-order valence-corrected chi connectivity index (χ3v) is 3.17. The van der Waals surface area contributed by atoms with E-state index in [1.807, 2.05) is 0 Å². The molecule has 0 aromatic heterocycles. The topological polar surface area (TPSA) is 3.24 Å². The molecule has 0 spiro atoms. The molecule has 0 saturated carbocycles. The van der Waals surface area contributed by atoms with Gasteiger partial charge in [0.2, 0.25) is 0 Å². The van der Waals surface area contributed by atoms with E-state index in [1.165, 1.54) is 44.2 Å². The Bertz CT molecular complexity index is 240. The summed E-state index contributed by atoms with van der Waals surface area (Å²) in [6.45, 7) is 6.97. The van der Waals surface area contributed by atoms with Gasteiger partial charge in [0.25, 0.3) is 0 Å². The van der Waals surface area contributed by atoms with Crippen molar-refractivity contribution in [2.24, 2.45) is 5.92 Å². The summed E-state index contributed by atoms with van der Waals surface area (Å²) < 4.78 is 0. The van der Waals surface area contributed by atoms with Crippen LogP contribution in [0.5, 0.6) is 0 Å². The van der Waals surface area contributed by atoms with Crippen molar-refractivity contribution >= 4 is 0 Å². The molecule has 0 heterocycles. The normalized spacial score (nSPS) is 18.4. The van der Waals surface area contributed by atoms with Crippen LogP contribution in [0.3, 0.4) is 0 Å². The van der Waals surface area contributed by atoms with Crippen molar-refractivity contribution in [2.45, 2.75) is 46.0 Å². The highest BCUT2D eigenvalue weighted by atomic mass is 15.1. The van der Waals surface area contributed by atoms with Gasteiger partial charge in [0.05, 0.1) is 0 Å². The van der Waals surface area contributed by atoms with Gasteiger partial charge in [0, 0.05) is 13.1 Å². The van der Waals surface area contributed by atoms with E-state index in [0.717, 1.165) is 12.5 Å². The molecule has 16 heavy (non-hydrogen) atoms. The molecular formula is C15H27N. The summed E-state index contributed by atoms with van der Waals surface area (Å²) in [6.07, 6.45) is 13.5. The molecule has 92 valence electrons. The third-order valence-electron chi connectivity index (χ3n) is 3.17. The fraction of sp³-hybridized carbons (Fsp3) is 0.733. The molecule has 0 radical (unpaired) electrons. The molecule has 0 aliphatic heterocycles. The number of nitrogens with zero attached hydrogens (tertiary/aromatic N) is 1. The maximum Gasteiger partial charge on any atom is 0.0227 e. The van der Waals surface area contributed by atoms with E-state index < -0.39 is 0 Å². The summed E-state index contributed by atoms with van der Waals surface area (Å²) in [4.78, 5) is 2.46. The first-order valence-corrected chi connectivity index (χ1v) is 6.76. The van der Waals surface area contributed by atoms with Gasteiger partial charge in [0.15, 0.2) is 0 Å². The van der Waals surface area contributed by atoms with Gasteiger partial charge in [-0.25, -0.2) is 0 Å². The molecule has 0 N–H and O–H groups in total. The average molecular weight is 221 g/mol. The average Bonchev–Trinajstić information content (AvgIpc) is 2.46. The third kappa shape index (κ3) is 5.50. The van der Waals surface area contributed by atoms with Crippen molar-refractivity contribution in [3.8, 4) is 0 Å². The highest BCUT2D eigenvalue weighted by molar-refractivity contribution is 5.21. The van der Waals surface area contributed by atoms with Crippen LogP contribution < -0.4 is 0 Å². The van der Waals surface area contributed by atoms with E-state index >= 15 is 0 Å². The first-order valence-electron chi connectivity index (χ1n) is 6.76. The first kappa shape index (κ1) is 13.5. The molecule has 0 saturated heterocycles. The van der Waals surface area contributed by atoms with Gasteiger partial charge in [-0.2, -0.15) is 0 Å². The van der Waals surface area contributed by atoms with Crippen molar-refractivity contribution in [3.05, 3.63) is 23.8 Å². The predicted octanol–water partition coefficient (Wildman–Crippen LogP) is 4.02. The van der Waals surface area contributed by atoms with E-state index in [-0.39, 0.29) is 0 Å².